The summed E-state index contributed by atoms with van der Waals surface area (Å²) < 4.78 is 2.37. The van der Waals surface area contributed by atoms with Gasteiger partial charge < -0.3 is 0 Å². The summed E-state index contributed by atoms with van der Waals surface area (Å²) in [5.41, 5.74) is 9.74. The molecule has 0 radical (unpaired) electrons. The molecule has 2 nitrogen and oxygen atoms in total. The van der Waals surface area contributed by atoms with E-state index in [1.54, 1.807) is 0 Å². The van der Waals surface area contributed by atoms with Crippen LogP contribution in [0.4, 0.5) is 0 Å². The summed E-state index contributed by atoms with van der Waals surface area (Å²) >= 11 is 4.10. The van der Waals surface area contributed by atoms with Gasteiger partial charge in [0.15, 0.2) is 0 Å². The molecule has 49 heavy (non-hydrogen) atoms. The molecule has 1 aliphatic carbocycles. The van der Waals surface area contributed by atoms with Gasteiger partial charge in [-0.3, -0.25) is 4.57 Å². The zero-order valence-corrected chi connectivity index (χ0v) is 29.0. The first-order valence-electron chi connectivity index (χ1n) is 17.5. The van der Waals surface area contributed by atoms with Crippen LogP contribution in [0.3, 0.4) is 0 Å². The summed E-state index contributed by atoms with van der Waals surface area (Å²) in [5, 5.41) is 7.72. The van der Waals surface area contributed by atoms with E-state index < -0.39 is 0 Å². The van der Waals surface area contributed by atoms with Crippen molar-refractivity contribution in [1.82, 2.24) is 9.55 Å². The standard InChI is InChI=1S/C41H28N2.C5H12S/c1-2-11-27(12-3-1)41-42-38-19-8-9-20-40(38)43(41)39-24-23-35(32-15-6-7-16-36(32)39)31-17-10-18-33-34(31)22-21-30-25-28-13-4-5-14-29(28)26-37(30)33;1-3-5(2)4-6/h1-6,8-15,17-26H,7,16H2;5-6H,3-4H2,1-2H3. The van der Waals surface area contributed by atoms with E-state index in [0.717, 1.165) is 46.9 Å². The van der Waals surface area contributed by atoms with Crippen LogP contribution >= 0.6 is 12.6 Å². The van der Waals surface area contributed by atoms with Crippen molar-refractivity contribution in [3.63, 3.8) is 0 Å². The molecule has 0 bridgehead atoms. The molecule has 1 aliphatic rings. The molecule has 1 unspecified atom stereocenters. The van der Waals surface area contributed by atoms with Crippen molar-refractivity contribution in [2.24, 2.45) is 5.92 Å². The number of benzene rings is 7. The average molecular weight is 653 g/mol. The van der Waals surface area contributed by atoms with Gasteiger partial charge >= 0.3 is 0 Å². The topological polar surface area (TPSA) is 17.8 Å². The van der Waals surface area contributed by atoms with Crippen molar-refractivity contribution in [2.75, 3.05) is 5.75 Å². The van der Waals surface area contributed by atoms with Crippen molar-refractivity contribution in [2.45, 2.75) is 33.1 Å². The van der Waals surface area contributed by atoms with E-state index >= 15 is 0 Å². The van der Waals surface area contributed by atoms with Crippen LogP contribution in [0, 0.1) is 5.92 Å². The van der Waals surface area contributed by atoms with E-state index in [1.807, 2.05) is 0 Å². The Labute approximate surface area is 294 Å². The summed E-state index contributed by atoms with van der Waals surface area (Å²) in [6.07, 6.45) is 7.95. The number of para-hydroxylation sites is 2. The highest BCUT2D eigenvalue weighted by Crippen LogP contribution is 2.41. The number of nitrogens with zero attached hydrogens (tertiary/aromatic N) is 2. The molecule has 0 saturated carbocycles. The van der Waals surface area contributed by atoms with Crippen LogP contribution in [0.5, 0.6) is 0 Å². The van der Waals surface area contributed by atoms with Crippen molar-refractivity contribution < 1.29 is 0 Å². The molecule has 0 amide bonds. The van der Waals surface area contributed by atoms with Gasteiger partial charge in [0.2, 0.25) is 0 Å². The quantitative estimate of drug-likeness (QED) is 0.111. The molecular weight excluding hydrogens is 613 g/mol. The highest BCUT2D eigenvalue weighted by atomic mass is 32.1. The van der Waals surface area contributed by atoms with E-state index in [-0.39, 0.29) is 0 Å². The maximum Gasteiger partial charge on any atom is 0.145 e. The molecule has 0 fully saturated rings. The smallest absolute Gasteiger partial charge is 0.145 e. The molecule has 1 aromatic heterocycles. The molecule has 0 N–H and O–H groups in total. The average Bonchev–Trinajstić information content (AvgIpc) is 3.56. The van der Waals surface area contributed by atoms with Crippen molar-refractivity contribution >= 4 is 62.1 Å². The molecule has 0 aliphatic heterocycles. The Kier molecular flexibility index (Phi) is 8.53. The second-order valence-electron chi connectivity index (χ2n) is 13.2. The third-order valence-electron chi connectivity index (χ3n) is 10.1. The Bertz CT molecular complexity index is 2480. The second-order valence-corrected chi connectivity index (χ2v) is 13.5. The normalized spacial score (nSPS) is 13.0. The number of aromatic nitrogens is 2. The zero-order valence-electron chi connectivity index (χ0n) is 28.1. The minimum atomic E-state index is 0.799. The molecular formula is C46H40N2S. The van der Waals surface area contributed by atoms with Gasteiger partial charge in [0.05, 0.1) is 16.7 Å². The first-order chi connectivity index (χ1) is 24.1. The van der Waals surface area contributed by atoms with Gasteiger partial charge in [0, 0.05) is 5.56 Å². The molecule has 1 heterocycles. The van der Waals surface area contributed by atoms with Gasteiger partial charge in [-0.1, -0.05) is 136 Å². The Balaban J connectivity index is 0.000000536. The van der Waals surface area contributed by atoms with E-state index in [9.17, 15) is 0 Å². The first kappa shape index (κ1) is 31.2. The lowest BCUT2D eigenvalue weighted by molar-refractivity contribution is 0.638. The second kappa shape index (κ2) is 13.4. The van der Waals surface area contributed by atoms with E-state index in [0.29, 0.717) is 0 Å². The molecule has 9 rings (SSSR count). The fraction of sp³-hybridized carbons (Fsp3) is 0.152. The molecule has 0 saturated heterocycles. The van der Waals surface area contributed by atoms with Crippen LogP contribution < -0.4 is 0 Å². The number of thiol groups is 1. The molecule has 3 heteroatoms. The summed E-state index contributed by atoms with van der Waals surface area (Å²) in [6.45, 7) is 4.38. The van der Waals surface area contributed by atoms with Crippen LogP contribution in [0.2, 0.25) is 0 Å². The van der Waals surface area contributed by atoms with Gasteiger partial charge in [0.25, 0.3) is 0 Å². The predicted molar refractivity (Wildman–Crippen MR) is 215 cm³/mol. The fourth-order valence-electron chi connectivity index (χ4n) is 7.18. The number of rotatable bonds is 5. The monoisotopic (exact) mass is 652 g/mol. The fourth-order valence-corrected chi connectivity index (χ4v) is 7.43. The van der Waals surface area contributed by atoms with Gasteiger partial charge in [-0.25, -0.2) is 4.98 Å². The molecule has 1 atom stereocenters. The first-order valence-corrected chi connectivity index (χ1v) is 18.1. The lowest BCUT2D eigenvalue weighted by Crippen LogP contribution is -2.07. The zero-order chi connectivity index (χ0) is 33.3. The lowest BCUT2D eigenvalue weighted by Gasteiger charge is -2.22. The Morgan fingerprint density at radius 1 is 0.694 bits per heavy atom. The van der Waals surface area contributed by atoms with E-state index in [4.69, 9.17) is 4.98 Å². The van der Waals surface area contributed by atoms with Crippen LogP contribution in [0.1, 0.15) is 37.8 Å². The summed E-state index contributed by atoms with van der Waals surface area (Å²) in [7, 11) is 0. The minimum absolute atomic E-state index is 0.799. The number of allylic oxidation sites excluding steroid dienone is 1. The predicted octanol–water partition coefficient (Wildman–Crippen LogP) is 12.7. The third-order valence-corrected chi connectivity index (χ3v) is 10.7. The maximum absolute atomic E-state index is 5.13. The SMILES string of the molecule is C1=Cc2c(-c3cccc4c3ccc3cc5ccccc5cc34)ccc(-n3c(-c4ccccc4)nc4ccccc43)c2CC1.CCC(C)CS. The molecule has 7 aromatic carbocycles. The highest BCUT2D eigenvalue weighted by molar-refractivity contribution is 7.80. The number of hydrogen-bond acceptors (Lipinski definition) is 2. The molecule has 240 valence electrons. The Morgan fingerprint density at radius 2 is 1.47 bits per heavy atom. The summed E-state index contributed by atoms with van der Waals surface area (Å²) in [5.74, 6) is 2.81. The van der Waals surface area contributed by atoms with E-state index in [2.05, 4.69) is 177 Å². The Hall–Kier alpha value is -5.12. The third kappa shape index (κ3) is 5.72. The van der Waals surface area contributed by atoms with Crippen molar-refractivity contribution in [3.8, 4) is 28.2 Å². The number of fused-ring (bicyclic) bond motifs is 6. The van der Waals surface area contributed by atoms with Gasteiger partial charge in [0.1, 0.15) is 5.82 Å². The van der Waals surface area contributed by atoms with Gasteiger partial charge in [-0.05, 0) is 109 Å². The minimum Gasteiger partial charge on any atom is -0.292 e. The van der Waals surface area contributed by atoms with Gasteiger partial charge in [-0.2, -0.15) is 12.6 Å². The van der Waals surface area contributed by atoms with E-state index in [1.165, 1.54) is 66.7 Å². The van der Waals surface area contributed by atoms with Crippen LogP contribution in [0.25, 0.3) is 77.6 Å². The maximum atomic E-state index is 5.13. The van der Waals surface area contributed by atoms with Crippen molar-refractivity contribution in [3.05, 3.63) is 151 Å². The van der Waals surface area contributed by atoms with Crippen molar-refractivity contribution in [1.29, 1.82) is 0 Å². The largest absolute Gasteiger partial charge is 0.292 e. The summed E-state index contributed by atoms with van der Waals surface area (Å²) in [4.78, 5) is 5.13. The van der Waals surface area contributed by atoms with Crippen LogP contribution in [-0.4, -0.2) is 15.3 Å². The lowest BCUT2D eigenvalue weighted by atomic mass is 9.86. The number of hydrogen-bond donors (Lipinski definition) is 1. The Morgan fingerprint density at radius 3 is 2.27 bits per heavy atom. The van der Waals surface area contributed by atoms with Gasteiger partial charge in [-0.15, -0.1) is 0 Å². The molecule has 8 aromatic rings. The highest BCUT2D eigenvalue weighted by Gasteiger charge is 2.22. The summed E-state index contributed by atoms with van der Waals surface area (Å²) in [6, 6.07) is 48.4. The number of imidazole rings is 1. The van der Waals surface area contributed by atoms with Crippen LogP contribution in [0.15, 0.2) is 140 Å². The van der Waals surface area contributed by atoms with Crippen LogP contribution in [-0.2, 0) is 6.42 Å². The molecule has 0 spiro atoms.